The molecule has 1 aromatic heterocycles. The van der Waals surface area contributed by atoms with E-state index in [0.29, 0.717) is 11.4 Å². The lowest BCUT2D eigenvalue weighted by molar-refractivity contribution is -0.165. The van der Waals surface area contributed by atoms with Crippen LogP contribution in [0.4, 0.5) is 0 Å². The molecule has 7 heteroatoms. The molecule has 140 valence electrons. The number of fused-ring (bicyclic) bond motifs is 1. The smallest absolute Gasteiger partial charge is 0.359 e. The molecule has 1 atom stereocenters. The van der Waals surface area contributed by atoms with Gasteiger partial charge >= 0.3 is 5.97 Å². The van der Waals surface area contributed by atoms with E-state index in [1.54, 1.807) is 24.3 Å². The Balaban J connectivity index is 1.79. The third kappa shape index (κ3) is 4.30. The first-order valence-corrected chi connectivity index (χ1v) is 8.74. The Hall–Kier alpha value is -2.83. The molecule has 1 heterocycles. The van der Waals surface area contributed by atoms with Gasteiger partial charge in [-0.2, -0.15) is 0 Å². The lowest BCUT2D eigenvalue weighted by Crippen LogP contribution is -2.55. The highest BCUT2D eigenvalue weighted by Gasteiger charge is 2.39. The fourth-order valence-electron chi connectivity index (χ4n) is 2.84. The highest BCUT2D eigenvalue weighted by molar-refractivity contribution is 6.31. The Kier molecular flexibility index (Phi) is 5.48. The third-order valence-corrected chi connectivity index (χ3v) is 4.52. The minimum atomic E-state index is -2.14. The van der Waals surface area contributed by atoms with Gasteiger partial charge in [-0.25, -0.2) is 4.79 Å². The van der Waals surface area contributed by atoms with E-state index in [1.807, 2.05) is 30.3 Å². The molecule has 3 rings (SSSR count). The Morgan fingerprint density at radius 1 is 1.19 bits per heavy atom. The zero-order chi connectivity index (χ0) is 19.4. The summed E-state index contributed by atoms with van der Waals surface area (Å²) in [6.07, 6.45) is 0.358. The van der Waals surface area contributed by atoms with E-state index in [1.165, 1.54) is 0 Å². The predicted octanol–water partition coefficient (Wildman–Crippen LogP) is 3.05. The lowest BCUT2D eigenvalue weighted by atomic mass is 10.0. The first-order chi connectivity index (χ1) is 12.9. The molecule has 1 amide bonds. The van der Waals surface area contributed by atoms with Crippen LogP contribution >= 0.6 is 11.6 Å². The van der Waals surface area contributed by atoms with Gasteiger partial charge in [0.2, 0.25) is 5.72 Å². The van der Waals surface area contributed by atoms with Gasteiger partial charge in [0.1, 0.15) is 5.69 Å². The lowest BCUT2D eigenvalue weighted by Gasteiger charge is -2.26. The molecule has 0 aliphatic rings. The van der Waals surface area contributed by atoms with Gasteiger partial charge < -0.3 is 20.1 Å². The number of nitrogens with one attached hydrogen (secondary N) is 2. The highest BCUT2D eigenvalue weighted by Crippen LogP contribution is 2.21. The second-order valence-electron chi connectivity index (χ2n) is 6.21. The quantitative estimate of drug-likeness (QED) is 0.448. The van der Waals surface area contributed by atoms with Crippen LogP contribution < -0.4 is 5.32 Å². The molecule has 0 unspecified atom stereocenters. The molecule has 3 N–H and O–H groups in total. The van der Waals surface area contributed by atoms with Gasteiger partial charge in [-0.05, 0) is 36.2 Å². The van der Waals surface area contributed by atoms with Gasteiger partial charge in [-0.15, -0.1) is 0 Å². The van der Waals surface area contributed by atoms with Crippen molar-refractivity contribution < 1.29 is 19.4 Å². The summed E-state index contributed by atoms with van der Waals surface area (Å²) in [4.78, 5) is 27.7. The molecular weight excluding hydrogens is 368 g/mol. The second-order valence-corrected chi connectivity index (χ2v) is 6.64. The van der Waals surface area contributed by atoms with Crippen LogP contribution in [-0.4, -0.2) is 34.8 Å². The van der Waals surface area contributed by atoms with Crippen molar-refractivity contribution in [1.29, 1.82) is 0 Å². The van der Waals surface area contributed by atoms with Gasteiger partial charge in [0.15, 0.2) is 0 Å². The summed E-state index contributed by atoms with van der Waals surface area (Å²) in [5.74, 6) is -1.55. The van der Waals surface area contributed by atoms with Gasteiger partial charge in [-0.1, -0.05) is 41.9 Å². The molecule has 0 radical (unpaired) electrons. The Labute approximate surface area is 161 Å². The Morgan fingerprint density at radius 2 is 1.93 bits per heavy atom. The van der Waals surface area contributed by atoms with Gasteiger partial charge in [0.25, 0.3) is 5.91 Å². The summed E-state index contributed by atoms with van der Waals surface area (Å²) < 4.78 is 4.68. The normalized spacial score (nSPS) is 13.1. The zero-order valence-corrected chi connectivity index (χ0v) is 15.4. The fraction of sp³-hybridized carbons (Fsp3) is 0.200. The van der Waals surface area contributed by atoms with Crippen LogP contribution in [-0.2, 0) is 16.0 Å². The van der Waals surface area contributed by atoms with E-state index in [4.69, 9.17) is 11.6 Å². The average molecular weight is 387 g/mol. The maximum Gasteiger partial charge on any atom is 0.359 e. The van der Waals surface area contributed by atoms with Gasteiger partial charge in [0.05, 0.1) is 7.11 Å². The van der Waals surface area contributed by atoms with Gasteiger partial charge in [-0.3, -0.25) is 4.79 Å². The molecule has 27 heavy (non-hydrogen) atoms. The summed E-state index contributed by atoms with van der Waals surface area (Å²) in [5, 5.41) is 14.4. The highest BCUT2D eigenvalue weighted by atomic mass is 35.5. The monoisotopic (exact) mass is 386 g/mol. The summed E-state index contributed by atoms with van der Waals surface area (Å²) >= 11 is 5.96. The van der Waals surface area contributed by atoms with E-state index in [2.05, 4.69) is 15.0 Å². The van der Waals surface area contributed by atoms with Crippen molar-refractivity contribution in [3.63, 3.8) is 0 Å². The molecule has 0 saturated carbocycles. The first kappa shape index (κ1) is 18.9. The number of hydrogen-bond acceptors (Lipinski definition) is 4. The zero-order valence-electron chi connectivity index (χ0n) is 14.7. The summed E-state index contributed by atoms with van der Waals surface area (Å²) in [6.45, 7) is 0. The minimum Gasteiger partial charge on any atom is -0.465 e. The number of rotatable bonds is 6. The van der Waals surface area contributed by atoms with Crippen LogP contribution in [0.15, 0.2) is 54.6 Å². The van der Waals surface area contributed by atoms with Crippen molar-refractivity contribution in [3.8, 4) is 0 Å². The van der Waals surface area contributed by atoms with E-state index in [9.17, 15) is 14.7 Å². The summed E-state index contributed by atoms with van der Waals surface area (Å²) in [5.41, 5.74) is -0.296. The first-order valence-electron chi connectivity index (χ1n) is 8.37. The number of aromatic amines is 1. The van der Waals surface area contributed by atoms with Crippen LogP contribution in [0, 0.1) is 0 Å². The van der Waals surface area contributed by atoms with Crippen LogP contribution in [0.3, 0.4) is 0 Å². The number of aromatic nitrogens is 1. The van der Waals surface area contributed by atoms with Crippen molar-refractivity contribution >= 4 is 34.4 Å². The second kappa shape index (κ2) is 7.82. The van der Waals surface area contributed by atoms with Gasteiger partial charge in [0, 0.05) is 22.3 Å². The number of benzene rings is 2. The predicted molar refractivity (Wildman–Crippen MR) is 103 cm³/mol. The number of H-pyrrole nitrogens is 1. The Morgan fingerprint density at radius 3 is 2.63 bits per heavy atom. The van der Waals surface area contributed by atoms with E-state index < -0.39 is 17.6 Å². The molecule has 0 spiro atoms. The van der Waals surface area contributed by atoms with Crippen molar-refractivity contribution in [2.45, 2.75) is 18.6 Å². The summed E-state index contributed by atoms with van der Waals surface area (Å²) in [6, 6.07) is 16.1. The summed E-state index contributed by atoms with van der Waals surface area (Å²) in [7, 11) is 1.16. The van der Waals surface area contributed by atoms with Crippen molar-refractivity contribution in [2.24, 2.45) is 0 Å². The average Bonchev–Trinajstić information content (AvgIpc) is 3.10. The molecule has 2 aromatic carbocycles. The van der Waals surface area contributed by atoms with E-state index in [0.717, 1.165) is 23.6 Å². The maximum absolute atomic E-state index is 12.6. The van der Waals surface area contributed by atoms with Crippen LogP contribution in [0.5, 0.6) is 0 Å². The molecule has 0 bridgehead atoms. The number of ether oxygens (including phenoxy) is 1. The number of aryl methyl sites for hydroxylation is 1. The molecule has 6 nitrogen and oxygen atoms in total. The standard InChI is InChI=1S/C20H19ClN2O4/c1-27-19(25)20(26,10-9-13-5-3-2-4-6-13)23-18(24)17-12-14-11-15(21)7-8-16(14)22-17/h2-8,11-12,22,26H,9-10H2,1H3,(H,23,24)/t20-/m0/s1. The molecule has 3 aromatic rings. The largest absolute Gasteiger partial charge is 0.465 e. The molecule has 0 aliphatic carbocycles. The Bertz CT molecular complexity index is 971. The molecular formula is C20H19ClN2O4. The maximum atomic E-state index is 12.6. The number of amides is 1. The topological polar surface area (TPSA) is 91.4 Å². The number of esters is 1. The van der Waals surface area contributed by atoms with E-state index >= 15 is 0 Å². The fourth-order valence-corrected chi connectivity index (χ4v) is 3.02. The number of hydrogen-bond donors (Lipinski definition) is 3. The molecule has 0 saturated heterocycles. The van der Waals surface area contributed by atoms with Crippen molar-refractivity contribution in [3.05, 3.63) is 70.9 Å². The molecule has 0 fully saturated rings. The van der Waals surface area contributed by atoms with E-state index in [-0.39, 0.29) is 12.1 Å². The number of carbonyl (C=O) groups is 2. The molecule has 0 aliphatic heterocycles. The third-order valence-electron chi connectivity index (χ3n) is 4.29. The van der Waals surface area contributed by atoms with Crippen LogP contribution in [0.25, 0.3) is 10.9 Å². The minimum absolute atomic E-state index is 0.0263. The number of carbonyl (C=O) groups excluding carboxylic acids is 2. The number of aliphatic hydroxyl groups is 1. The van der Waals surface area contributed by atoms with Crippen LogP contribution in [0.1, 0.15) is 22.5 Å². The van der Waals surface area contributed by atoms with Crippen molar-refractivity contribution in [2.75, 3.05) is 7.11 Å². The number of methoxy groups -OCH3 is 1. The number of halogens is 1. The SMILES string of the molecule is COC(=O)[C@@](O)(CCc1ccccc1)NC(=O)c1cc2cc(Cl)ccc2[nH]1. The van der Waals surface area contributed by atoms with Crippen molar-refractivity contribution in [1.82, 2.24) is 10.3 Å². The van der Waals surface area contributed by atoms with Crippen LogP contribution in [0.2, 0.25) is 5.02 Å².